The fourth-order valence-electron chi connectivity index (χ4n) is 6.11. The molecule has 5 atom stereocenters. The molecule has 6 heteroatoms. The number of anilines is 1. The van der Waals surface area contributed by atoms with Gasteiger partial charge < -0.3 is 24.7 Å². The third-order valence-electron chi connectivity index (χ3n) is 8.82. The Kier molecular flexibility index (Phi) is 10.3. The van der Waals surface area contributed by atoms with Crippen molar-refractivity contribution in [3.63, 3.8) is 0 Å². The lowest BCUT2D eigenvalue weighted by Crippen LogP contribution is -2.44. The molecule has 1 amide bonds. The van der Waals surface area contributed by atoms with Gasteiger partial charge in [-0.25, -0.2) is 0 Å². The van der Waals surface area contributed by atoms with Crippen LogP contribution < -0.4 is 9.64 Å². The number of aliphatic hydroxyl groups is 2. The molecule has 0 saturated heterocycles. The molecule has 40 heavy (non-hydrogen) atoms. The Hall–Kier alpha value is -2.83. The van der Waals surface area contributed by atoms with Gasteiger partial charge in [-0.3, -0.25) is 4.79 Å². The SMILES string of the molecule is CCCc1cc(C)ccc1C1COc2ccc(C(C)O)cc2N(CC2CCC2C(O)/C=C/CCN(C)C(C)=O)C1. The monoisotopic (exact) mass is 548 g/mol. The second-order valence-electron chi connectivity index (χ2n) is 11.9. The van der Waals surface area contributed by atoms with Crippen LogP contribution in [0, 0.1) is 18.8 Å². The summed E-state index contributed by atoms with van der Waals surface area (Å²) >= 11 is 0. The van der Waals surface area contributed by atoms with E-state index in [1.807, 2.05) is 24.3 Å². The number of fused-ring (bicyclic) bond motifs is 1. The molecule has 0 aromatic heterocycles. The van der Waals surface area contributed by atoms with Crippen LogP contribution in [0.15, 0.2) is 48.6 Å². The maximum atomic E-state index is 11.4. The molecule has 2 aromatic rings. The molecule has 4 rings (SSSR count). The minimum atomic E-state index is -0.551. The molecule has 2 aromatic carbocycles. The standard InChI is InChI=1S/C34H48N2O4/c1-6-9-27-18-23(2)11-14-30(27)29-21-36(32-19-26(24(3)37)13-16-34(32)40-22-29)20-28-12-15-31(28)33(39)10-7-8-17-35(5)25(4)38/h7,10-11,13-14,16,18-19,24,28-29,31,33,37,39H,6,8-9,12,15,17,20-22H2,1-5H3/b10-7+. The number of ether oxygens (including phenoxy) is 1. The average molecular weight is 549 g/mol. The van der Waals surface area contributed by atoms with Gasteiger partial charge in [0.15, 0.2) is 0 Å². The van der Waals surface area contributed by atoms with Crippen LogP contribution in [-0.2, 0) is 11.2 Å². The van der Waals surface area contributed by atoms with Crippen molar-refractivity contribution in [3.8, 4) is 5.75 Å². The summed E-state index contributed by atoms with van der Waals surface area (Å²) in [5.41, 5.74) is 5.98. The van der Waals surface area contributed by atoms with E-state index in [1.54, 1.807) is 25.8 Å². The minimum Gasteiger partial charge on any atom is -0.491 e. The first kappa shape index (κ1) is 30.1. The highest BCUT2D eigenvalue weighted by Gasteiger charge is 2.38. The smallest absolute Gasteiger partial charge is 0.219 e. The zero-order valence-electron chi connectivity index (χ0n) is 25.0. The van der Waals surface area contributed by atoms with Crippen molar-refractivity contribution >= 4 is 11.6 Å². The average Bonchev–Trinajstić information content (AvgIpc) is 3.08. The fraction of sp³-hybridized carbons (Fsp3) is 0.559. The molecule has 0 bridgehead atoms. The van der Waals surface area contributed by atoms with Crippen LogP contribution in [-0.4, -0.2) is 60.4 Å². The lowest BCUT2D eigenvalue weighted by molar-refractivity contribution is -0.127. The van der Waals surface area contributed by atoms with Crippen molar-refractivity contribution < 1.29 is 19.7 Å². The van der Waals surface area contributed by atoms with Crippen LogP contribution >= 0.6 is 0 Å². The number of benzene rings is 2. The first-order valence-electron chi connectivity index (χ1n) is 15.0. The van der Waals surface area contributed by atoms with Crippen molar-refractivity contribution in [1.29, 1.82) is 0 Å². The summed E-state index contributed by atoms with van der Waals surface area (Å²) in [5.74, 6) is 1.73. The van der Waals surface area contributed by atoms with E-state index in [4.69, 9.17) is 4.74 Å². The molecule has 1 saturated carbocycles. The van der Waals surface area contributed by atoms with Gasteiger partial charge in [0.25, 0.3) is 0 Å². The summed E-state index contributed by atoms with van der Waals surface area (Å²) < 4.78 is 6.44. The van der Waals surface area contributed by atoms with Gasteiger partial charge in [0.2, 0.25) is 5.91 Å². The Bertz CT molecular complexity index is 1180. The highest BCUT2D eigenvalue weighted by molar-refractivity contribution is 5.72. The highest BCUT2D eigenvalue weighted by Crippen LogP contribution is 2.42. The number of hydrogen-bond donors (Lipinski definition) is 2. The number of nitrogens with zero attached hydrogens (tertiary/aromatic N) is 2. The predicted octanol–water partition coefficient (Wildman–Crippen LogP) is 5.80. The molecule has 5 unspecified atom stereocenters. The Morgan fingerprint density at radius 3 is 2.67 bits per heavy atom. The maximum absolute atomic E-state index is 11.4. The lowest BCUT2D eigenvalue weighted by atomic mass is 9.70. The van der Waals surface area contributed by atoms with E-state index in [2.05, 4.69) is 43.0 Å². The molecule has 6 nitrogen and oxygen atoms in total. The van der Waals surface area contributed by atoms with Crippen LogP contribution in [0.2, 0.25) is 0 Å². The van der Waals surface area contributed by atoms with Crippen LogP contribution in [0.1, 0.15) is 80.7 Å². The molecule has 2 aliphatic rings. The van der Waals surface area contributed by atoms with Crippen molar-refractivity contribution in [3.05, 3.63) is 70.8 Å². The van der Waals surface area contributed by atoms with E-state index in [0.717, 1.165) is 62.2 Å². The van der Waals surface area contributed by atoms with Gasteiger partial charge in [-0.2, -0.15) is 0 Å². The number of rotatable bonds is 11. The van der Waals surface area contributed by atoms with Gasteiger partial charge in [-0.05, 0) is 80.2 Å². The summed E-state index contributed by atoms with van der Waals surface area (Å²) in [7, 11) is 1.80. The summed E-state index contributed by atoms with van der Waals surface area (Å²) in [5, 5.41) is 21.4. The van der Waals surface area contributed by atoms with Crippen molar-refractivity contribution in [1.82, 2.24) is 4.90 Å². The minimum absolute atomic E-state index is 0.0548. The molecule has 2 N–H and O–H groups in total. The third-order valence-corrected chi connectivity index (χ3v) is 8.82. The van der Waals surface area contributed by atoms with Crippen molar-refractivity contribution in [2.24, 2.45) is 11.8 Å². The maximum Gasteiger partial charge on any atom is 0.219 e. The molecule has 1 fully saturated rings. The second kappa shape index (κ2) is 13.7. The molecular weight excluding hydrogens is 500 g/mol. The van der Waals surface area contributed by atoms with Crippen molar-refractivity contribution in [2.75, 3.05) is 38.2 Å². The molecule has 1 aliphatic heterocycles. The molecule has 0 spiro atoms. The van der Waals surface area contributed by atoms with Gasteiger partial charge in [0.1, 0.15) is 5.75 Å². The van der Waals surface area contributed by atoms with Gasteiger partial charge in [-0.15, -0.1) is 0 Å². The van der Waals surface area contributed by atoms with Gasteiger partial charge >= 0.3 is 0 Å². The topological polar surface area (TPSA) is 73.2 Å². The normalized spacial score (nSPS) is 22.2. The lowest BCUT2D eigenvalue weighted by Gasteiger charge is -2.42. The van der Waals surface area contributed by atoms with E-state index in [0.29, 0.717) is 19.1 Å². The molecule has 1 heterocycles. The van der Waals surface area contributed by atoms with Crippen LogP contribution in [0.3, 0.4) is 0 Å². The Morgan fingerprint density at radius 2 is 2.00 bits per heavy atom. The van der Waals surface area contributed by atoms with E-state index in [-0.39, 0.29) is 17.7 Å². The second-order valence-corrected chi connectivity index (χ2v) is 11.9. The molecule has 218 valence electrons. The number of carbonyl (C=O) groups excluding carboxylic acids is 1. The van der Waals surface area contributed by atoms with E-state index in [1.165, 1.54) is 16.7 Å². The van der Waals surface area contributed by atoms with Crippen LogP contribution in [0.5, 0.6) is 5.75 Å². The Morgan fingerprint density at radius 1 is 1.20 bits per heavy atom. The number of amides is 1. The summed E-state index contributed by atoms with van der Waals surface area (Å²) in [6, 6.07) is 12.9. The van der Waals surface area contributed by atoms with Gasteiger partial charge in [0.05, 0.1) is 24.5 Å². The van der Waals surface area contributed by atoms with Gasteiger partial charge in [0, 0.05) is 39.5 Å². The van der Waals surface area contributed by atoms with E-state index >= 15 is 0 Å². The Labute approximate surface area is 240 Å². The third kappa shape index (κ3) is 7.27. The van der Waals surface area contributed by atoms with Crippen LogP contribution in [0.25, 0.3) is 0 Å². The number of aryl methyl sites for hydroxylation is 2. The summed E-state index contributed by atoms with van der Waals surface area (Å²) in [4.78, 5) is 15.6. The zero-order valence-corrected chi connectivity index (χ0v) is 25.0. The van der Waals surface area contributed by atoms with Gasteiger partial charge in [-0.1, -0.05) is 55.3 Å². The van der Waals surface area contributed by atoms with E-state index in [9.17, 15) is 15.0 Å². The largest absolute Gasteiger partial charge is 0.491 e. The molecular formula is C34H48N2O4. The summed E-state index contributed by atoms with van der Waals surface area (Å²) in [6.07, 6.45) is 7.87. The van der Waals surface area contributed by atoms with Crippen molar-refractivity contribution in [2.45, 2.75) is 77.9 Å². The molecule has 1 aliphatic carbocycles. The predicted molar refractivity (Wildman–Crippen MR) is 162 cm³/mol. The number of aliphatic hydroxyl groups excluding tert-OH is 2. The highest BCUT2D eigenvalue weighted by atomic mass is 16.5. The number of carbonyl (C=O) groups is 1. The van der Waals surface area contributed by atoms with Crippen LogP contribution in [0.4, 0.5) is 5.69 Å². The first-order chi connectivity index (χ1) is 19.2. The van der Waals surface area contributed by atoms with E-state index < -0.39 is 12.2 Å². The number of hydrogen-bond acceptors (Lipinski definition) is 5. The fourth-order valence-corrected chi connectivity index (χ4v) is 6.11. The zero-order chi connectivity index (χ0) is 28.8. The Balaban J connectivity index is 1.54. The summed E-state index contributed by atoms with van der Waals surface area (Å²) in [6.45, 7) is 10.7. The first-order valence-corrected chi connectivity index (χ1v) is 15.0. The molecule has 0 radical (unpaired) electrons. The quantitative estimate of drug-likeness (QED) is 0.348.